The summed E-state index contributed by atoms with van der Waals surface area (Å²) in [6.45, 7) is 4.63. The fourth-order valence-electron chi connectivity index (χ4n) is 4.56. The predicted molar refractivity (Wildman–Crippen MR) is 120 cm³/mol. The van der Waals surface area contributed by atoms with Gasteiger partial charge >= 0.3 is 0 Å². The Bertz CT molecular complexity index is 1170. The van der Waals surface area contributed by atoms with E-state index in [9.17, 15) is 9.59 Å². The van der Waals surface area contributed by atoms with Gasteiger partial charge in [-0.15, -0.1) is 0 Å². The molecule has 0 bridgehead atoms. The second-order valence-electron chi connectivity index (χ2n) is 8.14. The first kappa shape index (κ1) is 19.8. The molecule has 1 aliphatic heterocycles. The van der Waals surface area contributed by atoms with Crippen LogP contribution in [0.2, 0.25) is 0 Å². The Morgan fingerprint density at radius 1 is 1.13 bits per heavy atom. The van der Waals surface area contributed by atoms with Gasteiger partial charge in [0, 0.05) is 31.9 Å². The second kappa shape index (κ2) is 8.15. The lowest BCUT2D eigenvalue weighted by Crippen LogP contribution is -2.42. The number of anilines is 1. The van der Waals surface area contributed by atoms with Crippen molar-refractivity contribution in [2.45, 2.75) is 32.4 Å². The maximum Gasteiger partial charge on any atom is 0.259 e. The second-order valence-corrected chi connectivity index (χ2v) is 8.14. The number of hydrogen-bond donors (Lipinski definition) is 1. The third-order valence-corrected chi connectivity index (χ3v) is 6.20. The minimum atomic E-state index is -0.311. The third-order valence-electron chi connectivity index (χ3n) is 6.20. The highest BCUT2D eigenvalue weighted by molar-refractivity contribution is 5.97. The van der Waals surface area contributed by atoms with E-state index in [0.29, 0.717) is 44.2 Å². The first-order valence-electron chi connectivity index (χ1n) is 10.9. The van der Waals surface area contributed by atoms with E-state index < -0.39 is 0 Å². The molecule has 1 amide bonds. The van der Waals surface area contributed by atoms with Crippen molar-refractivity contribution in [1.82, 2.24) is 14.5 Å². The number of carbonyl (C=O) groups excluding carboxylic acids is 1. The summed E-state index contributed by atoms with van der Waals surface area (Å²) in [5.41, 5.74) is 3.65. The van der Waals surface area contributed by atoms with Gasteiger partial charge in [0.2, 0.25) is 5.43 Å². The first-order chi connectivity index (χ1) is 15.1. The van der Waals surface area contributed by atoms with E-state index in [-0.39, 0.29) is 22.9 Å². The molecule has 0 atom stereocenters. The van der Waals surface area contributed by atoms with Crippen molar-refractivity contribution in [2.75, 3.05) is 31.6 Å². The quantitative estimate of drug-likeness (QED) is 0.704. The largest absolute Gasteiger partial charge is 0.378 e. The van der Waals surface area contributed by atoms with Gasteiger partial charge in [-0.25, -0.2) is 4.98 Å². The predicted octanol–water partition coefficient (Wildman–Crippen LogP) is 2.47. The lowest BCUT2D eigenvalue weighted by Gasteiger charge is -2.27. The zero-order valence-corrected chi connectivity index (χ0v) is 17.6. The van der Waals surface area contributed by atoms with Gasteiger partial charge in [0.1, 0.15) is 16.9 Å². The minimum Gasteiger partial charge on any atom is -0.378 e. The molecule has 0 spiro atoms. The van der Waals surface area contributed by atoms with Gasteiger partial charge in [0.05, 0.1) is 18.7 Å². The van der Waals surface area contributed by atoms with Gasteiger partial charge in [-0.3, -0.25) is 9.59 Å². The van der Waals surface area contributed by atoms with Crippen molar-refractivity contribution < 1.29 is 9.53 Å². The van der Waals surface area contributed by atoms with Crippen molar-refractivity contribution in [2.24, 2.45) is 0 Å². The molecule has 0 saturated carbocycles. The molecule has 1 saturated heterocycles. The van der Waals surface area contributed by atoms with Crippen molar-refractivity contribution in [3.05, 3.63) is 69.5 Å². The van der Waals surface area contributed by atoms with Gasteiger partial charge in [0.15, 0.2) is 0 Å². The van der Waals surface area contributed by atoms with Crippen molar-refractivity contribution in [1.29, 1.82) is 0 Å². The highest BCUT2D eigenvalue weighted by atomic mass is 16.5. The number of carbonyl (C=O) groups is 1. The molecule has 0 unspecified atom stereocenters. The number of hydrogen-bond acceptors (Lipinski definition) is 5. The van der Waals surface area contributed by atoms with Crippen LogP contribution < -0.4 is 10.7 Å². The molecule has 31 heavy (non-hydrogen) atoms. The van der Waals surface area contributed by atoms with Crippen molar-refractivity contribution in [3.8, 4) is 0 Å². The number of aromatic nitrogens is 2. The third kappa shape index (κ3) is 3.70. The zero-order valence-electron chi connectivity index (χ0n) is 17.6. The number of morpholine rings is 1. The van der Waals surface area contributed by atoms with Crippen LogP contribution in [0.3, 0.4) is 0 Å². The maximum atomic E-state index is 13.3. The minimum absolute atomic E-state index is 0.175. The number of pyridine rings is 2. The lowest BCUT2D eigenvalue weighted by molar-refractivity contribution is 0.0301. The molecule has 0 radical (unpaired) electrons. The molecule has 7 nitrogen and oxygen atoms in total. The van der Waals surface area contributed by atoms with E-state index in [4.69, 9.17) is 4.74 Å². The van der Waals surface area contributed by atoms with Crippen LogP contribution in [0.4, 0.5) is 5.82 Å². The van der Waals surface area contributed by atoms with Crippen LogP contribution in [0.15, 0.2) is 47.4 Å². The molecular formula is C24H26N4O3. The molecule has 1 aliphatic carbocycles. The molecule has 3 heterocycles. The Morgan fingerprint density at radius 2 is 1.84 bits per heavy atom. The summed E-state index contributed by atoms with van der Waals surface area (Å²) in [6, 6.07) is 12.5. The SMILES string of the molecule is CCn1cc(C(=O)N2CCOCC2)c(=O)c2nc(NC3Cc4ccccc4C3)ccc21. The van der Waals surface area contributed by atoms with Crippen LogP contribution in [-0.2, 0) is 24.1 Å². The van der Waals surface area contributed by atoms with Crippen LogP contribution in [0.5, 0.6) is 0 Å². The van der Waals surface area contributed by atoms with Gasteiger partial charge in [-0.05, 0) is 43.0 Å². The fourth-order valence-corrected chi connectivity index (χ4v) is 4.56. The Kier molecular flexibility index (Phi) is 5.19. The Morgan fingerprint density at radius 3 is 2.52 bits per heavy atom. The van der Waals surface area contributed by atoms with Crippen LogP contribution >= 0.6 is 0 Å². The number of ether oxygens (including phenoxy) is 1. The first-order valence-corrected chi connectivity index (χ1v) is 10.9. The Labute approximate surface area is 180 Å². The smallest absolute Gasteiger partial charge is 0.259 e. The van der Waals surface area contributed by atoms with E-state index in [1.165, 1.54) is 11.1 Å². The fraction of sp³-hybridized carbons (Fsp3) is 0.375. The highest BCUT2D eigenvalue weighted by Crippen LogP contribution is 2.24. The highest BCUT2D eigenvalue weighted by Gasteiger charge is 2.24. The Hall–Kier alpha value is -3.19. The summed E-state index contributed by atoms with van der Waals surface area (Å²) < 4.78 is 7.26. The summed E-state index contributed by atoms with van der Waals surface area (Å²) in [7, 11) is 0. The van der Waals surface area contributed by atoms with Crippen LogP contribution in [0.1, 0.15) is 28.4 Å². The van der Waals surface area contributed by atoms with E-state index in [0.717, 1.165) is 18.4 Å². The number of rotatable bonds is 4. The van der Waals surface area contributed by atoms with Gasteiger partial charge in [-0.2, -0.15) is 0 Å². The number of nitrogens with zero attached hydrogens (tertiary/aromatic N) is 3. The average Bonchev–Trinajstić information content (AvgIpc) is 3.22. The lowest BCUT2D eigenvalue weighted by atomic mass is 10.1. The summed E-state index contributed by atoms with van der Waals surface area (Å²) in [4.78, 5) is 32.6. The molecule has 1 fully saturated rings. The van der Waals surface area contributed by atoms with Gasteiger partial charge in [-0.1, -0.05) is 24.3 Å². The monoisotopic (exact) mass is 418 g/mol. The molecule has 160 valence electrons. The molecule has 5 rings (SSSR count). The van der Waals surface area contributed by atoms with E-state index in [1.807, 2.05) is 23.6 Å². The van der Waals surface area contributed by atoms with Crippen LogP contribution in [0, 0.1) is 0 Å². The summed E-state index contributed by atoms with van der Waals surface area (Å²) in [5, 5.41) is 3.49. The summed E-state index contributed by atoms with van der Waals surface area (Å²) in [5.74, 6) is 0.421. The molecule has 1 aromatic carbocycles. The van der Waals surface area contributed by atoms with E-state index >= 15 is 0 Å². The Balaban J connectivity index is 1.48. The van der Waals surface area contributed by atoms with Crippen molar-refractivity contribution in [3.63, 3.8) is 0 Å². The summed E-state index contributed by atoms with van der Waals surface area (Å²) in [6.07, 6.45) is 3.54. The van der Waals surface area contributed by atoms with Gasteiger partial charge < -0.3 is 19.5 Å². The molecule has 3 aromatic rings. The number of fused-ring (bicyclic) bond motifs is 2. The maximum absolute atomic E-state index is 13.3. The number of benzene rings is 1. The van der Waals surface area contributed by atoms with Crippen molar-refractivity contribution >= 4 is 22.8 Å². The normalized spacial score (nSPS) is 16.5. The van der Waals surface area contributed by atoms with E-state index in [1.54, 1.807) is 11.1 Å². The molecular weight excluding hydrogens is 392 g/mol. The van der Waals surface area contributed by atoms with E-state index in [2.05, 4.69) is 34.6 Å². The number of amides is 1. The number of aryl methyl sites for hydroxylation is 1. The van der Waals surface area contributed by atoms with Gasteiger partial charge in [0.25, 0.3) is 5.91 Å². The molecule has 2 aliphatic rings. The van der Waals surface area contributed by atoms with Crippen LogP contribution in [-0.4, -0.2) is 52.7 Å². The number of nitrogens with one attached hydrogen (secondary N) is 1. The standard InChI is InChI=1S/C24H26N4O3/c1-2-27-15-19(24(30)28-9-11-31-12-10-28)23(29)22-20(27)7-8-21(26-22)25-18-13-16-5-3-4-6-17(16)14-18/h3-8,15,18H,2,9-14H2,1H3,(H,25,26). The molecule has 7 heteroatoms. The average molecular weight is 418 g/mol. The topological polar surface area (TPSA) is 76.5 Å². The summed E-state index contributed by atoms with van der Waals surface area (Å²) >= 11 is 0. The zero-order chi connectivity index (χ0) is 21.4. The molecule has 2 aromatic heterocycles. The molecule has 1 N–H and O–H groups in total. The van der Waals surface area contributed by atoms with Crippen LogP contribution in [0.25, 0.3) is 11.0 Å².